The van der Waals surface area contributed by atoms with Gasteiger partial charge in [0, 0.05) is 39.8 Å². The second-order valence-electron chi connectivity index (χ2n) is 5.05. The fourth-order valence-electron chi connectivity index (χ4n) is 2.35. The minimum Gasteiger partial charge on any atom is -0.504 e. The van der Waals surface area contributed by atoms with Crippen LogP contribution in [0, 0.1) is 0 Å². The van der Waals surface area contributed by atoms with Gasteiger partial charge in [0.2, 0.25) is 10.0 Å². The number of sulfonamides is 1. The Morgan fingerprint density at radius 2 is 1.95 bits per heavy atom. The summed E-state index contributed by atoms with van der Waals surface area (Å²) in [4.78, 5) is 1.80. The summed E-state index contributed by atoms with van der Waals surface area (Å²) in [5.74, 6) is -0.491. The highest BCUT2D eigenvalue weighted by molar-refractivity contribution is 7.89. The minimum atomic E-state index is -3.88. The maximum atomic E-state index is 12.7. The van der Waals surface area contributed by atoms with Crippen molar-refractivity contribution in [1.29, 1.82) is 0 Å². The number of methoxy groups -OCH3 is 1. The SMILES string of the molecule is COCCN1CCN(S(=O)(=O)c2c(Cl)ccc(N)c2O)CC1. The Hall–Kier alpha value is -1.06. The van der Waals surface area contributed by atoms with Crippen LogP contribution < -0.4 is 5.73 Å². The van der Waals surface area contributed by atoms with Crippen molar-refractivity contribution in [2.24, 2.45) is 0 Å². The van der Waals surface area contributed by atoms with Crippen LogP contribution in [-0.2, 0) is 14.8 Å². The zero-order valence-electron chi connectivity index (χ0n) is 12.3. The average molecular weight is 350 g/mol. The Labute approximate surface area is 135 Å². The van der Waals surface area contributed by atoms with E-state index < -0.39 is 15.8 Å². The second kappa shape index (κ2) is 7.01. The van der Waals surface area contributed by atoms with Gasteiger partial charge in [-0.1, -0.05) is 11.6 Å². The van der Waals surface area contributed by atoms with E-state index in [1.165, 1.54) is 16.4 Å². The van der Waals surface area contributed by atoms with Crippen LogP contribution in [0.2, 0.25) is 5.02 Å². The van der Waals surface area contributed by atoms with E-state index in [0.29, 0.717) is 32.8 Å². The molecule has 9 heteroatoms. The highest BCUT2D eigenvalue weighted by Gasteiger charge is 2.33. The maximum absolute atomic E-state index is 12.7. The number of benzene rings is 1. The van der Waals surface area contributed by atoms with Crippen LogP contribution in [0.25, 0.3) is 0 Å². The molecule has 0 aromatic heterocycles. The first-order valence-corrected chi connectivity index (χ1v) is 8.68. The summed E-state index contributed by atoms with van der Waals surface area (Å²) in [5, 5.41) is 9.94. The molecule has 7 nitrogen and oxygen atoms in total. The molecular formula is C13H20ClN3O4S. The van der Waals surface area contributed by atoms with Gasteiger partial charge in [-0.3, -0.25) is 4.90 Å². The molecule has 1 aromatic carbocycles. The molecule has 22 heavy (non-hydrogen) atoms. The van der Waals surface area contributed by atoms with E-state index in [1.54, 1.807) is 7.11 Å². The van der Waals surface area contributed by atoms with E-state index in [2.05, 4.69) is 4.90 Å². The number of anilines is 1. The third-order valence-electron chi connectivity index (χ3n) is 3.66. The number of nitrogen functional groups attached to an aromatic ring is 1. The molecule has 0 radical (unpaired) electrons. The van der Waals surface area contributed by atoms with Gasteiger partial charge in [0.25, 0.3) is 0 Å². The third kappa shape index (κ3) is 3.47. The van der Waals surface area contributed by atoms with Crippen molar-refractivity contribution in [1.82, 2.24) is 9.21 Å². The monoisotopic (exact) mass is 349 g/mol. The predicted molar refractivity (Wildman–Crippen MR) is 84.6 cm³/mol. The molecule has 0 spiro atoms. The van der Waals surface area contributed by atoms with Crippen LogP contribution in [0.15, 0.2) is 17.0 Å². The van der Waals surface area contributed by atoms with E-state index in [1.807, 2.05) is 0 Å². The Bertz CT molecular complexity index is 630. The lowest BCUT2D eigenvalue weighted by Crippen LogP contribution is -2.49. The van der Waals surface area contributed by atoms with Crippen molar-refractivity contribution in [2.45, 2.75) is 4.90 Å². The topological polar surface area (TPSA) is 96.1 Å². The van der Waals surface area contributed by atoms with Crippen LogP contribution in [-0.4, -0.2) is 69.2 Å². The van der Waals surface area contributed by atoms with Crippen molar-refractivity contribution in [2.75, 3.05) is 52.2 Å². The molecule has 0 amide bonds. The lowest BCUT2D eigenvalue weighted by molar-refractivity contribution is 0.123. The van der Waals surface area contributed by atoms with Gasteiger partial charge >= 0.3 is 0 Å². The zero-order valence-corrected chi connectivity index (χ0v) is 13.9. The first-order valence-electron chi connectivity index (χ1n) is 6.86. The fourth-order valence-corrected chi connectivity index (χ4v) is 4.37. The third-order valence-corrected chi connectivity index (χ3v) is 6.06. The fraction of sp³-hybridized carbons (Fsp3) is 0.538. The Morgan fingerprint density at radius 3 is 2.55 bits per heavy atom. The van der Waals surface area contributed by atoms with Crippen molar-refractivity contribution in [3.05, 3.63) is 17.2 Å². The lowest BCUT2D eigenvalue weighted by atomic mass is 10.3. The molecule has 3 N–H and O–H groups in total. The van der Waals surface area contributed by atoms with E-state index in [9.17, 15) is 13.5 Å². The number of ether oxygens (including phenoxy) is 1. The summed E-state index contributed by atoms with van der Waals surface area (Å²) >= 11 is 5.95. The number of hydrogen-bond acceptors (Lipinski definition) is 6. The standard InChI is InChI=1S/C13H20ClN3O4S/c1-21-9-8-16-4-6-17(7-5-16)22(19,20)13-10(14)2-3-11(15)12(13)18/h2-3,18H,4-9,15H2,1H3. The summed E-state index contributed by atoms with van der Waals surface area (Å²) in [6.07, 6.45) is 0. The molecule has 1 saturated heterocycles. The predicted octanol–water partition coefficient (Wildman–Crippen LogP) is 0.581. The Kier molecular flexibility index (Phi) is 5.51. The maximum Gasteiger partial charge on any atom is 0.248 e. The number of phenols is 1. The summed E-state index contributed by atoms with van der Waals surface area (Å²) in [6, 6.07) is 2.75. The molecule has 1 aliphatic heterocycles. The number of nitrogens with two attached hydrogens (primary N) is 1. The number of hydrogen-bond donors (Lipinski definition) is 2. The molecule has 0 atom stereocenters. The van der Waals surface area contributed by atoms with E-state index in [4.69, 9.17) is 22.1 Å². The average Bonchev–Trinajstić information content (AvgIpc) is 2.49. The normalized spacial score (nSPS) is 17.7. The molecule has 1 fully saturated rings. The first kappa shape index (κ1) is 17.3. The van der Waals surface area contributed by atoms with Crippen LogP contribution in [0.5, 0.6) is 5.75 Å². The Morgan fingerprint density at radius 1 is 1.32 bits per heavy atom. The summed E-state index contributed by atoms with van der Waals surface area (Å²) in [6.45, 7) is 3.23. The van der Waals surface area contributed by atoms with E-state index >= 15 is 0 Å². The van der Waals surface area contributed by atoms with Crippen molar-refractivity contribution in [3.8, 4) is 5.75 Å². The van der Waals surface area contributed by atoms with Crippen LogP contribution >= 0.6 is 11.6 Å². The van der Waals surface area contributed by atoms with Crippen LogP contribution in [0.4, 0.5) is 5.69 Å². The largest absolute Gasteiger partial charge is 0.504 e. The van der Waals surface area contributed by atoms with Gasteiger partial charge < -0.3 is 15.6 Å². The quantitative estimate of drug-likeness (QED) is 0.596. The molecule has 0 aliphatic carbocycles. The van der Waals surface area contributed by atoms with Gasteiger partial charge in [-0.05, 0) is 12.1 Å². The van der Waals surface area contributed by atoms with Gasteiger partial charge in [-0.25, -0.2) is 8.42 Å². The van der Waals surface area contributed by atoms with Gasteiger partial charge in [-0.2, -0.15) is 4.31 Å². The van der Waals surface area contributed by atoms with Crippen LogP contribution in [0.1, 0.15) is 0 Å². The van der Waals surface area contributed by atoms with Gasteiger partial charge in [0.05, 0.1) is 17.3 Å². The summed E-state index contributed by atoms with van der Waals surface area (Å²) < 4.78 is 31.7. The lowest BCUT2D eigenvalue weighted by Gasteiger charge is -2.34. The van der Waals surface area contributed by atoms with Crippen LogP contribution in [0.3, 0.4) is 0 Å². The molecule has 0 saturated carbocycles. The molecule has 1 aromatic rings. The summed E-state index contributed by atoms with van der Waals surface area (Å²) in [7, 11) is -2.25. The number of halogens is 1. The molecule has 1 heterocycles. The molecule has 124 valence electrons. The van der Waals surface area contributed by atoms with Crippen molar-refractivity contribution >= 4 is 27.3 Å². The van der Waals surface area contributed by atoms with Gasteiger partial charge in [0.1, 0.15) is 4.90 Å². The smallest absolute Gasteiger partial charge is 0.248 e. The number of nitrogens with zero attached hydrogens (tertiary/aromatic N) is 2. The molecule has 0 unspecified atom stereocenters. The second-order valence-corrected chi connectivity index (χ2v) is 7.33. The van der Waals surface area contributed by atoms with E-state index in [-0.39, 0.29) is 15.6 Å². The highest BCUT2D eigenvalue weighted by Crippen LogP contribution is 2.37. The first-order chi connectivity index (χ1) is 10.4. The number of phenolic OH excluding ortho intramolecular Hbond substituents is 1. The molecule has 0 bridgehead atoms. The number of rotatable bonds is 5. The number of aromatic hydroxyl groups is 1. The minimum absolute atomic E-state index is 0.0123. The van der Waals surface area contributed by atoms with Crippen molar-refractivity contribution in [3.63, 3.8) is 0 Å². The van der Waals surface area contributed by atoms with E-state index in [0.717, 1.165) is 6.54 Å². The molecular weight excluding hydrogens is 330 g/mol. The highest BCUT2D eigenvalue weighted by atomic mass is 35.5. The number of piperazine rings is 1. The van der Waals surface area contributed by atoms with Gasteiger partial charge in [-0.15, -0.1) is 0 Å². The van der Waals surface area contributed by atoms with Gasteiger partial charge in [0.15, 0.2) is 5.75 Å². The zero-order chi connectivity index (χ0) is 16.3. The Balaban J connectivity index is 2.18. The summed E-state index contributed by atoms with van der Waals surface area (Å²) in [5.41, 5.74) is 5.57. The molecule has 2 rings (SSSR count). The molecule has 1 aliphatic rings. The van der Waals surface area contributed by atoms with Crippen molar-refractivity contribution < 1.29 is 18.3 Å².